The molecule has 3 heterocycles. The zero-order chi connectivity index (χ0) is 25.3. The van der Waals surface area contributed by atoms with Crippen molar-refractivity contribution in [1.82, 2.24) is 18.7 Å². The van der Waals surface area contributed by atoms with Gasteiger partial charge in [-0.2, -0.15) is 0 Å². The number of rotatable bonds is 9. The number of carbonyl (C=O) groups is 1. The Morgan fingerprint density at radius 3 is 2.57 bits per heavy atom. The minimum absolute atomic E-state index is 0.159. The van der Waals surface area contributed by atoms with Crippen LogP contribution in [0.4, 0.5) is 11.4 Å². The molecule has 0 saturated carbocycles. The number of hydrogen-bond acceptors (Lipinski definition) is 6. The van der Waals surface area contributed by atoms with Crippen molar-refractivity contribution < 1.29 is 4.79 Å². The summed E-state index contributed by atoms with van der Waals surface area (Å²) in [6, 6.07) is 7.65. The third kappa shape index (κ3) is 4.75. The van der Waals surface area contributed by atoms with E-state index >= 15 is 0 Å². The van der Waals surface area contributed by atoms with E-state index in [9.17, 15) is 14.4 Å². The quantitative estimate of drug-likeness (QED) is 0.381. The number of carbonyl (C=O) groups excluding carboxylic acids is 1. The molecule has 0 atom stereocenters. The molecule has 0 aliphatic heterocycles. The molecule has 0 unspecified atom stereocenters. The Bertz CT molecular complexity index is 1490. The van der Waals surface area contributed by atoms with E-state index in [1.165, 1.54) is 15.7 Å². The van der Waals surface area contributed by atoms with Gasteiger partial charge in [0, 0.05) is 31.0 Å². The van der Waals surface area contributed by atoms with Crippen LogP contribution in [0, 0.1) is 12.8 Å². The highest BCUT2D eigenvalue weighted by Crippen LogP contribution is 2.23. The van der Waals surface area contributed by atoms with Crippen molar-refractivity contribution in [1.29, 1.82) is 0 Å². The summed E-state index contributed by atoms with van der Waals surface area (Å²) in [5.74, 6) is 0.294. The van der Waals surface area contributed by atoms with Crippen LogP contribution in [0.3, 0.4) is 0 Å². The van der Waals surface area contributed by atoms with E-state index in [2.05, 4.69) is 43.0 Å². The van der Waals surface area contributed by atoms with Crippen LogP contribution >= 0.6 is 11.3 Å². The standard InChI is InChI=1S/C25H32N6O3S/c1-6-28(7-2)18-8-9-19(17(5)14-18)26-21(32)15-30-25(34)31-20-11-13-35-22(20)23(33)29(24(31)27-30)12-10-16(3)4/h8-9,11,13-14,16H,6-7,10,12,15H2,1-5H3,(H,26,32). The lowest BCUT2D eigenvalue weighted by molar-refractivity contribution is -0.117. The van der Waals surface area contributed by atoms with Gasteiger partial charge in [-0.1, -0.05) is 13.8 Å². The van der Waals surface area contributed by atoms with Crippen LogP contribution in [0.1, 0.15) is 39.7 Å². The molecule has 4 aromatic rings. The van der Waals surface area contributed by atoms with Crippen molar-refractivity contribution in [3.05, 3.63) is 56.0 Å². The summed E-state index contributed by atoms with van der Waals surface area (Å²) >= 11 is 1.31. The number of amides is 1. The first kappa shape index (κ1) is 24.7. The van der Waals surface area contributed by atoms with Crippen molar-refractivity contribution in [2.24, 2.45) is 5.92 Å². The molecule has 1 amide bonds. The highest BCUT2D eigenvalue weighted by atomic mass is 32.1. The van der Waals surface area contributed by atoms with E-state index < -0.39 is 5.69 Å². The minimum atomic E-state index is -0.439. The fraction of sp³-hybridized carbons (Fsp3) is 0.440. The maximum Gasteiger partial charge on any atom is 0.352 e. The molecule has 9 nitrogen and oxygen atoms in total. The van der Waals surface area contributed by atoms with E-state index in [-0.39, 0.29) is 23.8 Å². The van der Waals surface area contributed by atoms with Crippen LogP contribution in [0.2, 0.25) is 0 Å². The Kier molecular flexibility index (Phi) is 7.11. The first-order valence-corrected chi connectivity index (χ1v) is 12.9. The molecule has 0 spiro atoms. The molecule has 1 aromatic carbocycles. The Morgan fingerprint density at radius 1 is 1.17 bits per heavy atom. The van der Waals surface area contributed by atoms with Crippen LogP contribution in [0.15, 0.2) is 39.2 Å². The largest absolute Gasteiger partial charge is 0.372 e. The third-order valence-corrected chi connectivity index (χ3v) is 7.12. The Morgan fingerprint density at radius 2 is 1.91 bits per heavy atom. The topological polar surface area (TPSA) is 93.6 Å². The van der Waals surface area contributed by atoms with Crippen LogP contribution in [-0.2, 0) is 17.9 Å². The number of hydrogen-bond donors (Lipinski definition) is 1. The number of nitrogens with one attached hydrogen (secondary N) is 1. The molecular formula is C25H32N6O3S. The van der Waals surface area contributed by atoms with Gasteiger partial charge in [0.1, 0.15) is 11.2 Å². The molecule has 0 fully saturated rings. The van der Waals surface area contributed by atoms with Crippen molar-refractivity contribution in [3.8, 4) is 0 Å². The lowest BCUT2D eigenvalue weighted by atomic mass is 10.1. The second kappa shape index (κ2) is 10.1. The third-order valence-electron chi connectivity index (χ3n) is 6.22. The summed E-state index contributed by atoms with van der Waals surface area (Å²) < 4.78 is 4.62. The van der Waals surface area contributed by atoms with Crippen LogP contribution < -0.4 is 21.5 Å². The Hall–Kier alpha value is -3.40. The van der Waals surface area contributed by atoms with Gasteiger partial charge in [0.25, 0.3) is 5.56 Å². The van der Waals surface area contributed by atoms with E-state index in [1.54, 1.807) is 16.0 Å². The van der Waals surface area contributed by atoms with Gasteiger partial charge in [0.15, 0.2) is 0 Å². The van der Waals surface area contributed by atoms with Gasteiger partial charge in [-0.05, 0) is 68.3 Å². The highest BCUT2D eigenvalue weighted by molar-refractivity contribution is 7.17. The SMILES string of the molecule is CCN(CC)c1ccc(NC(=O)Cn2nc3n(CCC(C)C)c(=O)c4sccc4n3c2=O)c(C)c1. The molecular weight excluding hydrogens is 464 g/mol. The summed E-state index contributed by atoms with van der Waals surface area (Å²) in [6.45, 7) is 12.3. The smallest absolute Gasteiger partial charge is 0.352 e. The van der Waals surface area contributed by atoms with Gasteiger partial charge in [-0.25, -0.2) is 13.9 Å². The molecule has 0 bridgehead atoms. The molecule has 0 radical (unpaired) electrons. The average Bonchev–Trinajstić information content (AvgIpc) is 3.41. The number of aryl methyl sites for hydroxylation is 2. The highest BCUT2D eigenvalue weighted by Gasteiger charge is 2.20. The lowest BCUT2D eigenvalue weighted by Crippen LogP contribution is -2.29. The average molecular weight is 497 g/mol. The molecule has 1 N–H and O–H groups in total. The van der Waals surface area contributed by atoms with E-state index in [0.717, 1.165) is 35.4 Å². The van der Waals surface area contributed by atoms with E-state index in [0.29, 0.717) is 28.4 Å². The van der Waals surface area contributed by atoms with E-state index in [4.69, 9.17) is 0 Å². The van der Waals surface area contributed by atoms with Crippen LogP contribution in [0.25, 0.3) is 16.0 Å². The van der Waals surface area contributed by atoms with Gasteiger partial charge in [-0.3, -0.25) is 14.2 Å². The number of benzene rings is 1. The van der Waals surface area contributed by atoms with Crippen molar-refractivity contribution >= 4 is 44.6 Å². The van der Waals surface area contributed by atoms with Gasteiger partial charge in [-0.15, -0.1) is 16.4 Å². The molecule has 0 aliphatic carbocycles. The second-order valence-corrected chi connectivity index (χ2v) is 9.99. The summed E-state index contributed by atoms with van der Waals surface area (Å²) in [5.41, 5.74) is 2.65. The van der Waals surface area contributed by atoms with Gasteiger partial charge < -0.3 is 10.2 Å². The maximum absolute atomic E-state index is 13.2. The molecule has 35 heavy (non-hydrogen) atoms. The summed E-state index contributed by atoms with van der Waals surface area (Å²) in [7, 11) is 0. The fourth-order valence-electron chi connectivity index (χ4n) is 4.23. The molecule has 3 aromatic heterocycles. The first-order valence-electron chi connectivity index (χ1n) is 12.0. The molecule has 0 aliphatic rings. The normalized spacial score (nSPS) is 11.6. The van der Waals surface area contributed by atoms with E-state index in [1.807, 2.05) is 25.1 Å². The summed E-state index contributed by atoms with van der Waals surface area (Å²) in [6.07, 6.45) is 0.775. The zero-order valence-electron chi connectivity index (χ0n) is 20.9. The van der Waals surface area contributed by atoms with Gasteiger partial charge in [0.05, 0.1) is 5.52 Å². The number of fused-ring (bicyclic) bond motifs is 3. The number of nitrogens with zero attached hydrogens (tertiary/aromatic N) is 5. The lowest BCUT2D eigenvalue weighted by Gasteiger charge is -2.22. The zero-order valence-corrected chi connectivity index (χ0v) is 21.7. The maximum atomic E-state index is 13.2. The predicted octanol–water partition coefficient (Wildman–Crippen LogP) is 3.71. The van der Waals surface area contributed by atoms with Crippen molar-refractivity contribution in [3.63, 3.8) is 0 Å². The van der Waals surface area contributed by atoms with Crippen LogP contribution in [0.5, 0.6) is 0 Å². The molecule has 186 valence electrons. The molecule has 0 saturated heterocycles. The number of thiophene rings is 1. The second-order valence-electron chi connectivity index (χ2n) is 9.07. The number of anilines is 2. The Balaban J connectivity index is 1.65. The van der Waals surface area contributed by atoms with Crippen molar-refractivity contribution in [2.45, 2.75) is 54.1 Å². The van der Waals surface area contributed by atoms with Crippen LogP contribution in [-0.4, -0.2) is 37.7 Å². The van der Waals surface area contributed by atoms with Gasteiger partial charge >= 0.3 is 5.69 Å². The summed E-state index contributed by atoms with van der Waals surface area (Å²) in [5, 5.41) is 9.10. The predicted molar refractivity (Wildman–Crippen MR) is 142 cm³/mol. The first-order chi connectivity index (χ1) is 16.7. The Labute approximate surface area is 207 Å². The van der Waals surface area contributed by atoms with Crippen molar-refractivity contribution in [2.75, 3.05) is 23.3 Å². The number of aromatic nitrogens is 4. The molecule has 10 heteroatoms. The minimum Gasteiger partial charge on any atom is -0.372 e. The monoisotopic (exact) mass is 496 g/mol. The summed E-state index contributed by atoms with van der Waals surface area (Å²) in [4.78, 5) is 41.4. The fourth-order valence-corrected chi connectivity index (χ4v) is 5.05. The van der Waals surface area contributed by atoms with Gasteiger partial charge in [0.2, 0.25) is 11.7 Å². The molecule has 4 rings (SSSR count).